The molecule has 5 nitrogen and oxygen atoms in total. The number of nitrogens with one attached hydrogen (secondary N) is 1. The minimum Gasteiger partial charge on any atom is -0.465 e. The minimum atomic E-state index is -3.70. The maximum absolute atomic E-state index is 11.4. The molecule has 3 N–H and O–H groups in total. The third-order valence-electron chi connectivity index (χ3n) is 2.84. The van der Waals surface area contributed by atoms with Gasteiger partial charge in [0.15, 0.2) is 0 Å². The van der Waals surface area contributed by atoms with Gasteiger partial charge < -0.3 is 9.73 Å². The average Bonchev–Trinajstić information content (AvgIpc) is 2.72. The zero-order valence-corrected chi connectivity index (χ0v) is 11.6. The summed E-state index contributed by atoms with van der Waals surface area (Å²) in [5.41, 5.74) is 1.33. The number of nitrogens with two attached hydrogens (primary N) is 1. The van der Waals surface area contributed by atoms with Gasteiger partial charge in [-0.15, -0.1) is 0 Å². The lowest BCUT2D eigenvalue weighted by atomic mass is 10.2. The van der Waals surface area contributed by atoms with Crippen LogP contribution in [-0.2, 0) is 16.6 Å². The summed E-state index contributed by atoms with van der Waals surface area (Å²) in [6.45, 7) is 4.08. The molecule has 0 radical (unpaired) electrons. The molecule has 102 valence electrons. The maximum Gasteiger partial charge on any atom is 0.238 e. The van der Waals surface area contributed by atoms with E-state index in [9.17, 15) is 8.42 Å². The van der Waals surface area contributed by atoms with E-state index in [4.69, 9.17) is 9.56 Å². The monoisotopic (exact) mass is 280 g/mol. The van der Waals surface area contributed by atoms with Gasteiger partial charge in [0.05, 0.1) is 11.4 Å². The topological polar surface area (TPSA) is 85.3 Å². The molecule has 0 bridgehead atoms. The van der Waals surface area contributed by atoms with Gasteiger partial charge in [-0.1, -0.05) is 6.07 Å². The van der Waals surface area contributed by atoms with Gasteiger partial charge in [-0.2, -0.15) is 0 Å². The van der Waals surface area contributed by atoms with Crippen molar-refractivity contribution < 1.29 is 12.8 Å². The van der Waals surface area contributed by atoms with E-state index >= 15 is 0 Å². The van der Waals surface area contributed by atoms with Crippen molar-refractivity contribution in [2.75, 3.05) is 5.32 Å². The Kier molecular flexibility index (Phi) is 3.64. The molecule has 2 aromatic rings. The molecule has 19 heavy (non-hydrogen) atoms. The maximum atomic E-state index is 11.4. The first kappa shape index (κ1) is 13.6. The summed E-state index contributed by atoms with van der Waals surface area (Å²) < 4.78 is 28.3. The summed E-state index contributed by atoms with van der Waals surface area (Å²) in [7, 11) is -3.70. The largest absolute Gasteiger partial charge is 0.465 e. The summed E-state index contributed by atoms with van der Waals surface area (Å²) in [5.74, 6) is 1.63. The highest BCUT2D eigenvalue weighted by Crippen LogP contribution is 2.22. The van der Waals surface area contributed by atoms with Gasteiger partial charge in [0.1, 0.15) is 11.5 Å². The molecule has 0 saturated heterocycles. The molecule has 0 saturated carbocycles. The Morgan fingerprint density at radius 2 is 1.95 bits per heavy atom. The van der Waals surface area contributed by atoms with Crippen molar-refractivity contribution in [1.82, 2.24) is 0 Å². The normalized spacial score (nSPS) is 11.5. The second kappa shape index (κ2) is 5.07. The van der Waals surface area contributed by atoms with Crippen molar-refractivity contribution in [3.63, 3.8) is 0 Å². The van der Waals surface area contributed by atoms with Gasteiger partial charge >= 0.3 is 0 Å². The lowest BCUT2D eigenvalue weighted by Crippen LogP contribution is -2.14. The lowest BCUT2D eigenvalue weighted by Gasteiger charge is -2.11. The third-order valence-corrected chi connectivity index (χ3v) is 3.90. The van der Waals surface area contributed by atoms with E-state index in [1.54, 1.807) is 19.1 Å². The van der Waals surface area contributed by atoms with Crippen molar-refractivity contribution in [2.24, 2.45) is 5.14 Å². The first-order valence-electron chi connectivity index (χ1n) is 5.79. The fourth-order valence-electron chi connectivity index (χ4n) is 1.88. The SMILES string of the molecule is Cc1ccc(CNc2cccc(S(N)(=O)=O)c2C)o1. The molecule has 0 unspecified atom stereocenters. The molecule has 0 amide bonds. The summed E-state index contributed by atoms with van der Waals surface area (Å²) in [6.07, 6.45) is 0. The average molecular weight is 280 g/mol. The number of furan rings is 1. The van der Waals surface area contributed by atoms with Crippen LogP contribution in [0.25, 0.3) is 0 Å². The van der Waals surface area contributed by atoms with Gasteiger partial charge in [-0.25, -0.2) is 13.6 Å². The molecule has 6 heteroatoms. The Bertz CT molecular complexity index is 690. The number of aryl methyl sites for hydroxylation is 1. The predicted molar refractivity (Wildman–Crippen MR) is 73.3 cm³/mol. The van der Waals surface area contributed by atoms with E-state index in [0.29, 0.717) is 12.1 Å². The van der Waals surface area contributed by atoms with Crippen molar-refractivity contribution >= 4 is 15.7 Å². The summed E-state index contributed by atoms with van der Waals surface area (Å²) in [4.78, 5) is 0.133. The molecular weight excluding hydrogens is 264 g/mol. The standard InChI is InChI=1S/C13H16N2O3S/c1-9-6-7-11(18-9)8-15-12-4-3-5-13(10(12)2)19(14,16)17/h3-7,15H,8H2,1-2H3,(H2,14,16,17). The first-order chi connectivity index (χ1) is 8.88. The van der Waals surface area contributed by atoms with E-state index in [0.717, 1.165) is 17.2 Å². The highest BCUT2D eigenvalue weighted by molar-refractivity contribution is 7.89. The molecular formula is C13H16N2O3S. The number of rotatable bonds is 4. The molecule has 0 aliphatic carbocycles. The van der Waals surface area contributed by atoms with Crippen molar-refractivity contribution in [3.8, 4) is 0 Å². The second-order valence-electron chi connectivity index (χ2n) is 4.34. The number of hydrogen-bond donors (Lipinski definition) is 2. The van der Waals surface area contributed by atoms with E-state index in [2.05, 4.69) is 5.32 Å². The summed E-state index contributed by atoms with van der Waals surface area (Å²) in [6, 6.07) is 8.71. The number of anilines is 1. The van der Waals surface area contributed by atoms with Crippen molar-refractivity contribution in [2.45, 2.75) is 25.3 Å². The van der Waals surface area contributed by atoms with E-state index in [1.807, 2.05) is 19.1 Å². The van der Waals surface area contributed by atoms with Crippen LogP contribution in [0.15, 0.2) is 39.6 Å². The van der Waals surface area contributed by atoms with Crippen molar-refractivity contribution in [3.05, 3.63) is 47.4 Å². The summed E-state index contributed by atoms with van der Waals surface area (Å²) >= 11 is 0. The Morgan fingerprint density at radius 3 is 2.53 bits per heavy atom. The molecule has 0 aliphatic heterocycles. The van der Waals surface area contributed by atoms with E-state index in [1.165, 1.54) is 6.07 Å². The Balaban J connectivity index is 2.22. The highest BCUT2D eigenvalue weighted by Gasteiger charge is 2.13. The fraction of sp³-hybridized carbons (Fsp3) is 0.231. The molecule has 0 fully saturated rings. The molecule has 0 aliphatic rings. The molecule has 1 heterocycles. The Hall–Kier alpha value is -1.79. The van der Waals surface area contributed by atoms with Gasteiger partial charge in [0, 0.05) is 5.69 Å². The molecule has 1 aromatic heterocycles. The fourth-order valence-corrected chi connectivity index (χ4v) is 2.68. The van der Waals surface area contributed by atoms with Gasteiger partial charge in [0.25, 0.3) is 0 Å². The molecule has 0 atom stereocenters. The first-order valence-corrected chi connectivity index (χ1v) is 7.34. The van der Waals surface area contributed by atoms with Gasteiger partial charge in [-0.05, 0) is 43.7 Å². The van der Waals surface area contributed by atoms with Gasteiger partial charge in [0.2, 0.25) is 10.0 Å². The zero-order chi connectivity index (χ0) is 14.0. The Morgan fingerprint density at radius 1 is 1.21 bits per heavy atom. The highest BCUT2D eigenvalue weighted by atomic mass is 32.2. The zero-order valence-electron chi connectivity index (χ0n) is 10.8. The molecule has 1 aromatic carbocycles. The van der Waals surface area contributed by atoms with Crippen molar-refractivity contribution in [1.29, 1.82) is 0 Å². The number of sulfonamides is 1. The quantitative estimate of drug-likeness (QED) is 0.898. The number of benzene rings is 1. The van der Waals surface area contributed by atoms with Crippen LogP contribution in [0.5, 0.6) is 0 Å². The molecule has 2 rings (SSSR count). The smallest absolute Gasteiger partial charge is 0.238 e. The van der Waals surface area contributed by atoms with Gasteiger partial charge in [-0.3, -0.25) is 0 Å². The van der Waals surface area contributed by atoms with Crippen LogP contribution in [0.4, 0.5) is 5.69 Å². The Labute approximate surface area is 112 Å². The van der Waals surface area contributed by atoms with Crippen LogP contribution in [-0.4, -0.2) is 8.42 Å². The van der Waals surface area contributed by atoms with Crippen LogP contribution in [0.2, 0.25) is 0 Å². The lowest BCUT2D eigenvalue weighted by molar-refractivity contribution is 0.490. The van der Waals surface area contributed by atoms with Crippen LogP contribution >= 0.6 is 0 Å². The third kappa shape index (κ3) is 3.15. The van der Waals surface area contributed by atoms with Crippen LogP contribution in [0, 0.1) is 13.8 Å². The second-order valence-corrected chi connectivity index (χ2v) is 5.87. The number of primary sulfonamides is 1. The number of hydrogen-bond acceptors (Lipinski definition) is 4. The van der Waals surface area contributed by atoms with Crippen LogP contribution in [0.3, 0.4) is 0 Å². The van der Waals surface area contributed by atoms with Crippen LogP contribution < -0.4 is 10.5 Å². The predicted octanol–water partition coefficient (Wildman–Crippen LogP) is 2.16. The summed E-state index contributed by atoms with van der Waals surface area (Å²) in [5, 5.41) is 8.30. The van der Waals surface area contributed by atoms with E-state index < -0.39 is 10.0 Å². The van der Waals surface area contributed by atoms with E-state index in [-0.39, 0.29) is 4.90 Å². The van der Waals surface area contributed by atoms with Crippen LogP contribution in [0.1, 0.15) is 17.1 Å². The minimum absolute atomic E-state index is 0.133. The molecule has 0 spiro atoms.